The summed E-state index contributed by atoms with van der Waals surface area (Å²) < 4.78 is 28.4. The number of amides is 1. The van der Waals surface area contributed by atoms with Gasteiger partial charge in [-0.3, -0.25) is 4.79 Å². The summed E-state index contributed by atoms with van der Waals surface area (Å²) in [5, 5.41) is 1.81. The SMILES string of the molecule is CC(C)Cc1ccc(S(=O)(=O)N2CCN(C(=O)c3sc4cc(Cl)ccc4c3Cl)CC2)cc1. The molecule has 32 heavy (non-hydrogen) atoms. The van der Waals surface area contributed by atoms with Gasteiger partial charge in [-0.15, -0.1) is 11.3 Å². The van der Waals surface area contributed by atoms with Gasteiger partial charge in [-0.25, -0.2) is 8.42 Å². The number of carbonyl (C=O) groups is 1. The van der Waals surface area contributed by atoms with Crippen molar-refractivity contribution in [2.24, 2.45) is 5.92 Å². The number of piperazine rings is 1. The largest absolute Gasteiger partial charge is 0.335 e. The third-order valence-corrected chi connectivity index (χ3v) is 9.31. The van der Waals surface area contributed by atoms with Crippen molar-refractivity contribution in [1.82, 2.24) is 9.21 Å². The summed E-state index contributed by atoms with van der Waals surface area (Å²) in [5.41, 5.74) is 1.12. The van der Waals surface area contributed by atoms with Crippen molar-refractivity contribution in [3.8, 4) is 0 Å². The van der Waals surface area contributed by atoms with E-state index in [9.17, 15) is 13.2 Å². The maximum Gasteiger partial charge on any atom is 0.265 e. The Morgan fingerprint density at radius 1 is 1.03 bits per heavy atom. The van der Waals surface area contributed by atoms with E-state index in [1.165, 1.54) is 15.6 Å². The lowest BCUT2D eigenvalue weighted by Gasteiger charge is -2.33. The molecule has 3 aromatic rings. The summed E-state index contributed by atoms with van der Waals surface area (Å²) in [4.78, 5) is 15.5. The number of hydrogen-bond acceptors (Lipinski definition) is 4. The molecule has 0 radical (unpaired) electrons. The minimum absolute atomic E-state index is 0.178. The lowest BCUT2D eigenvalue weighted by molar-refractivity contribution is 0.0703. The molecule has 1 saturated heterocycles. The van der Waals surface area contributed by atoms with Crippen molar-refractivity contribution >= 4 is 60.6 Å². The fourth-order valence-corrected chi connectivity index (χ4v) is 7.05. The van der Waals surface area contributed by atoms with E-state index < -0.39 is 10.0 Å². The van der Waals surface area contributed by atoms with Gasteiger partial charge in [0.2, 0.25) is 10.0 Å². The van der Waals surface area contributed by atoms with Gasteiger partial charge in [0.15, 0.2) is 0 Å². The summed E-state index contributed by atoms with van der Waals surface area (Å²) in [6, 6.07) is 12.4. The number of rotatable bonds is 5. The number of thiophene rings is 1. The van der Waals surface area contributed by atoms with Crippen LogP contribution in [0.15, 0.2) is 47.4 Å². The Labute approximate surface area is 202 Å². The zero-order valence-corrected chi connectivity index (χ0v) is 21.0. The number of fused-ring (bicyclic) bond motifs is 1. The summed E-state index contributed by atoms with van der Waals surface area (Å²) in [7, 11) is -3.60. The fraction of sp³-hybridized carbons (Fsp3) is 0.348. The highest BCUT2D eigenvalue weighted by atomic mass is 35.5. The zero-order chi connectivity index (χ0) is 23.0. The summed E-state index contributed by atoms with van der Waals surface area (Å²) in [6.45, 7) is 5.38. The van der Waals surface area contributed by atoms with E-state index in [1.54, 1.807) is 29.2 Å². The molecule has 2 aromatic carbocycles. The van der Waals surface area contributed by atoms with E-state index in [1.807, 2.05) is 18.2 Å². The van der Waals surface area contributed by atoms with Gasteiger partial charge in [0.25, 0.3) is 5.91 Å². The summed E-state index contributed by atoms with van der Waals surface area (Å²) in [6.07, 6.45) is 0.910. The second kappa shape index (κ2) is 9.31. The Morgan fingerprint density at radius 2 is 1.69 bits per heavy atom. The van der Waals surface area contributed by atoms with Gasteiger partial charge in [-0.2, -0.15) is 4.31 Å². The molecule has 5 nitrogen and oxygen atoms in total. The monoisotopic (exact) mass is 510 g/mol. The van der Waals surface area contributed by atoms with Crippen molar-refractivity contribution in [2.75, 3.05) is 26.2 Å². The predicted octanol–water partition coefficient (Wildman–Crippen LogP) is 5.55. The van der Waals surface area contributed by atoms with Crippen LogP contribution in [0.2, 0.25) is 10.0 Å². The van der Waals surface area contributed by atoms with E-state index in [0.29, 0.717) is 33.9 Å². The first-order valence-electron chi connectivity index (χ1n) is 10.4. The molecule has 0 N–H and O–H groups in total. The van der Waals surface area contributed by atoms with Crippen molar-refractivity contribution in [3.63, 3.8) is 0 Å². The Bertz CT molecular complexity index is 1250. The van der Waals surface area contributed by atoms with Gasteiger partial charge in [-0.1, -0.05) is 55.2 Å². The van der Waals surface area contributed by atoms with Gasteiger partial charge in [-0.05, 0) is 42.2 Å². The summed E-state index contributed by atoms with van der Waals surface area (Å²) >= 11 is 13.8. The maximum atomic E-state index is 13.1. The van der Waals surface area contributed by atoms with Gasteiger partial charge >= 0.3 is 0 Å². The molecule has 0 aliphatic carbocycles. The molecule has 0 atom stereocenters. The fourth-order valence-electron chi connectivity index (χ4n) is 3.87. The molecule has 4 rings (SSSR count). The first kappa shape index (κ1) is 23.5. The van der Waals surface area contributed by atoms with Gasteiger partial charge in [0.1, 0.15) is 4.88 Å². The minimum atomic E-state index is -3.60. The van der Waals surface area contributed by atoms with E-state index in [0.717, 1.165) is 22.1 Å². The zero-order valence-electron chi connectivity index (χ0n) is 17.8. The molecular weight excluding hydrogens is 487 g/mol. The van der Waals surface area contributed by atoms with Crippen LogP contribution in [0.25, 0.3) is 10.1 Å². The van der Waals surface area contributed by atoms with Gasteiger partial charge in [0, 0.05) is 41.3 Å². The molecule has 0 bridgehead atoms. The van der Waals surface area contributed by atoms with Crippen molar-refractivity contribution in [3.05, 3.63) is 63.0 Å². The van der Waals surface area contributed by atoms with Crippen LogP contribution in [0.3, 0.4) is 0 Å². The van der Waals surface area contributed by atoms with Crippen LogP contribution < -0.4 is 0 Å². The highest BCUT2D eigenvalue weighted by Crippen LogP contribution is 2.37. The van der Waals surface area contributed by atoms with Crippen LogP contribution in [0.5, 0.6) is 0 Å². The number of sulfonamides is 1. The van der Waals surface area contributed by atoms with Crippen LogP contribution in [-0.4, -0.2) is 49.7 Å². The Kier molecular flexibility index (Phi) is 6.84. The maximum absolute atomic E-state index is 13.1. The molecule has 1 aliphatic heterocycles. The molecule has 170 valence electrons. The molecule has 0 saturated carbocycles. The number of carbonyl (C=O) groups excluding carboxylic acids is 1. The lowest BCUT2D eigenvalue weighted by Crippen LogP contribution is -2.50. The van der Waals surface area contributed by atoms with Crippen LogP contribution >= 0.6 is 34.5 Å². The van der Waals surface area contributed by atoms with Gasteiger partial charge in [0.05, 0.1) is 9.92 Å². The van der Waals surface area contributed by atoms with Crippen LogP contribution in [-0.2, 0) is 16.4 Å². The topological polar surface area (TPSA) is 57.7 Å². The first-order valence-corrected chi connectivity index (χ1v) is 13.4. The molecular formula is C23H24Cl2N2O3S2. The minimum Gasteiger partial charge on any atom is -0.335 e. The smallest absolute Gasteiger partial charge is 0.265 e. The van der Waals surface area contributed by atoms with E-state index in [4.69, 9.17) is 23.2 Å². The molecule has 1 fully saturated rings. The quantitative estimate of drug-likeness (QED) is 0.451. The van der Waals surface area contributed by atoms with E-state index in [-0.39, 0.29) is 23.9 Å². The average molecular weight is 511 g/mol. The molecule has 1 aliphatic rings. The van der Waals surface area contributed by atoms with Crippen LogP contribution in [0.4, 0.5) is 0 Å². The Hall–Kier alpha value is -1.64. The summed E-state index contributed by atoms with van der Waals surface area (Å²) in [5.74, 6) is 0.330. The van der Waals surface area contributed by atoms with Crippen molar-refractivity contribution in [2.45, 2.75) is 25.2 Å². The van der Waals surface area contributed by atoms with Gasteiger partial charge < -0.3 is 4.90 Å². The highest BCUT2D eigenvalue weighted by molar-refractivity contribution is 7.89. The average Bonchev–Trinajstić information content (AvgIpc) is 3.08. The molecule has 0 spiro atoms. The first-order chi connectivity index (χ1) is 15.2. The Balaban J connectivity index is 1.45. The molecule has 9 heteroatoms. The number of hydrogen-bond donors (Lipinski definition) is 0. The third kappa shape index (κ3) is 4.68. The molecule has 2 heterocycles. The highest BCUT2D eigenvalue weighted by Gasteiger charge is 2.31. The van der Waals surface area contributed by atoms with Crippen LogP contribution in [0.1, 0.15) is 29.1 Å². The predicted molar refractivity (Wildman–Crippen MR) is 131 cm³/mol. The normalized spacial score (nSPS) is 15.6. The number of nitrogens with zero attached hydrogens (tertiary/aromatic N) is 2. The standard InChI is InChI=1S/C23H24Cl2N2O3S2/c1-15(2)13-16-3-6-18(7-4-16)32(29,30)27-11-9-26(10-12-27)23(28)22-21(25)19-8-5-17(24)14-20(19)31-22/h3-8,14-15H,9-13H2,1-2H3. The van der Waals surface area contributed by atoms with E-state index >= 15 is 0 Å². The van der Waals surface area contributed by atoms with E-state index in [2.05, 4.69) is 13.8 Å². The third-order valence-electron chi connectivity index (χ3n) is 5.52. The second-order valence-electron chi connectivity index (χ2n) is 8.32. The lowest BCUT2D eigenvalue weighted by atomic mass is 10.0. The van der Waals surface area contributed by atoms with Crippen molar-refractivity contribution in [1.29, 1.82) is 0 Å². The molecule has 1 aromatic heterocycles. The van der Waals surface area contributed by atoms with Crippen LogP contribution in [0, 0.1) is 5.92 Å². The number of benzene rings is 2. The molecule has 0 unspecified atom stereocenters. The molecule has 1 amide bonds. The Morgan fingerprint density at radius 3 is 2.31 bits per heavy atom. The number of halogens is 2. The van der Waals surface area contributed by atoms with Crippen molar-refractivity contribution < 1.29 is 13.2 Å². The second-order valence-corrected chi connectivity index (χ2v) is 12.1.